The molecular formula is C14H15FN4. The van der Waals surface area contributed by atoms with E-state index < -0.39 is 0 Å². The van der Waals surface area contributed by atoms with E-state index in [0.29, 0.717) is 29.2 Å². The molecule has 4 nitrogen and oxygen atoms in total. The van der Waals surface area contributed by atoms with Gasteiger partial charge in [-0.15, -0.1) is 0 Å². The summed E-state index contributed by atoms with van der Waals surface area (Å²) in [5, 5.41) is 13.4. The molecule has 98 valence electrons. The molecular weight excluding hydrogens is 243 g/mol. The van der Waals surface area contributed by atoms with Crippen molar-refractivity contribution >= 4 is 5.82 Å². The molecule has 0 unspecified atom stereocenters. The molecule has 19 heavy (non-hydrogen) atoms. The monoisotopic (exact) mass is 258 g/mol. The van der Waals surface area contributed by atoms with Gasteiger partial charge in [-0.2, -0.15) is 10.4 Å². The first kappa shape index (κ1) is 13.1. The average molecular weight is 258 g/mol. The van der Waals surface area contributed by atoms with Crippen molar-refractivity contribution in [3.05, 3.63) is 46.9 Å². The number of halogens is 1. The molecule has 0 radical (unpaired) electrons. The lowest BCUT2D eigenvalue weighted by Gasteiger charge is -2.20. The Balaban J connectivity index is 2.34. The smallest absolute Gasteiger partial charge is 0.145 e. The number of anilines is 1. The molecule has 0 aliphatic heterocycles. The second-order valence-electron chi connectivity index (χ2n) is 4.47. The molecule has 2 rings (SSSR count). The first-order valence-corrected chi connectivity index (χ1v) is 5.92. The topological polar surface area (TPSA) is 44.9 Å². The molecule has 5 heteroatoms. The predicted octanol–water partition coefficient (Wildman–Crippen LogP) is 2.38. The summed E-state index contributed by atoms with van der Waals surface area (Å²) in [6.45, 7) is 2.18. The fraction of sp³-hybridized carbons (Fsp3) is 0.286. The van der Waals surface area contributed by atoms with Crippen LogP contribution in [-0.4, -0.2) is 16.8 Å². The van der Waals surface area contributed by atoms with E-state index in [1.165, 1.54) is 6.07 Å². The van der Waals surface area contributed by atoms with Crippen LogP contribution in [0.3, 0.4) is 0 Å². The molecule has 0 N–H and O–H groups in total. The van der Waals surface area contributed by atoms with Gasteiger partial charge < -0.3 is 4.90 Å². The normalized spacial score (nSPS) is 10.3. The van der Waals surface area contributed by atoms with Crippen molar-refractivity contribution in [3.63, 3.8) is 0 Å². The van der Waals surface area contributed by atoms with Gasteiger partial charge in [0.2, 0.25) is 0 Å². The van der Waals surface area contributed by atoms with Gasteiger partial charge in [0.05, 0.1) is 5.69 Å². The minimum Gasteiger partial charge on any atom is -0.354 e. The van der Waals surface area contributed by atoms with Crippen LogP contribution in [0.25, 0.3) is 0 Å². The Kier molecular flexibility index (Phi) is 3.52. The third-order valence-electron chi connectivity index (χ3n) is 3.03. The van der Waals surface area contributed by atoms with Gasteiger partial charge >= 0.3 is 0 Å². The zero-order valence-electron chi connectivity index (χ0n) is 11.2. The van der Waals surface area contributed by atoms with E-state index in [2.05, 4.69) is 11.2 Å². The Morgan fingerprint density at radius 3 is 2.74 bits per heavy atom. The van der Waals surface area contributed by atoms with Crippen molar-refractivity contribution in [2.75, 3.05) is 11.9 Å². The van der Waals surface area contributed by atoms with Crippen LogP contribution < -0.4 is 4.90 Å². The minimum atomic E-state index is -0.244. The van der Waals surface area contributed by atoms with Gasteiger partial charge in [-0.1, -0.05) is 18.2 Å². The number of aryl methyl sites for hydroxylation is 2. The Morgan fingerprint density at radius 1 is 1.42 bits per heavy atom. The number of hydrogen-bond acceptors (Lipinski definition) is 3. The van der Waals surface area contributed by atoms with Crippen molar-refractivity contribution < 1.29 is 4.39 Å². The molecule has 1 heterocycles. The van der Waals surface area contributed by atoms with Gasteiger partial charge in [0.25, 0.3) is 0 Å². The van der Waals surface area contributed by atoms with Crippen molar-refractivity contribution in [2.45, 2.75) is 13.5 Å². The lowest BCUT2D eigenvalue weighted by molar-refractivity contribution is 0.605. The van der Waals surface area contributed by atoms with Crippen molar-refractivity contribution in [3.8, 4) is 6.07 Å². The van der Waals surface area contributed by atoms with Gasteiger partial charge in [-0.3, -0.25) is 4.68 Å². The first-order chi connectivity index (χ1) is 9.04. The molecule has 0 amide bonds. The van der Waals surface area contributed by atoms with Crippen LogP contribution in [0, 0.1) is 24.1 Å². The van der Waals surface area contributed by atoms with E-state index in [1.54, 1.807) is 36.9 Å². The van der Waals surface area contributed by atoms with Crippen LogP contribution in [0.15, 0.2) is 24.3 Å². The standard InChI is InChI=1S/C14H15FN4/c1-10-12(8-16)14(19(3)17-10)18(2)9-11-6-4-5-7-13(11)15/h4-7H,9H2,1-3H3. The SMILES string of the molecule is Cc1nn(C)c(N(C)Cc2ccccc2F)c1C#N. The van der Waals surface area contributed by atoms with Gasteiger partial charge in [0.15, 0.2) is 0 Å². The predicted molar refractivity (Wildman–Crippen MR) is 71.2 cm³/mol. The molecule has 0 spiro atoms. The molecule has 0 saturated heterocycles. The van der Waals surface area contributed by atoms with Crippen molar-refractivity contribution in [2.24, 2.45) is 7.05 Å². The summed E-state index contributed by atoms with van der Waals surface area (Å²) in [4.78, 5) is 1.83. The van der Waals surface area contributed by atoms with Crippen LogP contribution in [-0.2, 0) is 13.6 Å². The highest BCUT2D eigenvalue weighted by molar-refractivity contribution is 5.56. The van der Waals surface area contributed by atoms with Crippen LogP contribution in [0.1, 0.15) is 16.8 Å². The van der Waals surface area contributed by atoms with E-state index in [4.69, 9.17) is 0 Å². The second kappa shape index (κ2) is 5.11. The maximum atomic E-state index is 13.6. The fourth-order valence-electron chi connectivity index (χ4n) is 2.17. The average Bonchev–Trinajstić information content (AvgIpc) is 2.66. The zero-order valence-corrected chi connectivity index (χ0v) is 11.2. The fourth-order valence-corrected chi connectivity index (χ4v) is 2.17. The quantitative estimate of drug-likeness (QED) is 0.849. The van der Waals surface area contributed by atoms with E-state index in [1.807, 2.05) is 11.9 Å². The molecule has 1 aromatic carbocycles. The zero-order chi connectivity index (χ0) is 14.0. The van der Waals surface area contributed by atoms with Crippen LogP contribution in [0.5, 0.6) is 0 Å². The van der Waals surface area contributed by atoms with Crippen molar-refractivity contribution in [1.82, 2.24) is 9.78 Å². The highest BCUT2D eigenvalue weighted by atomic mass is 19.1. The van der Waals surface area contributed by atoms with Crippen LogP contribution >= 0.6 is 0 Å². The Hall–Kier alpha value is -2.35. The van der Waals surface area contributed by atoms with Crippen LogP contribution in [0.4, 0.5) is 10.2 Å². The molecule has 0 atom stereocenters. The van der Waals surface area contributed by atoms with E-state index in [0.717, 1.165) is 0 Å². The third kappa shape index (κ3) is 2.43. The number of rotatable bonds is 3. The molecule has 0 saturated carbocycles. The lowest BCUT2D eigenvalue weighted by Crippen LogP contribution is -2.21. The number of aromatic nitrogens is 2. The Bertz CT molecular complexity index is 639. The number of hydrogen-bond donors (Lipinski definition) is 0. The molecule has 0 fully saturated rings. The number of nitrogens with zero attached hydrogens (tertiary/aromatic N) is 4. The van der Waals surface area contributed by atoms with Gasteiger partial charge in [0.1, 0.15) is 23.3 Å². The minimum absolute atomic E-state index is 0.244. The Morgan fingerprint density at radius 2 is 2.11 bits per heavy atom. The maximum absolute atomic E-state index is 13.6. The Labute approximate surface area is 111 Å². The largest absolute Gasteiger partial charge is 0.354 e. The highest BCUT2D eigenvalue weighted by Gasteiger charge is 2.17. The van der Waals surface area contributed by atoms with Gasteiger partial charge in [0, 0.05) is 26.2 Å². The molecule has 0 aliphatic rings. The number of nitriles is 1. The summed E-state index contributed by atoms with van der Waals surface area (Å²) in [6.07, 6.45) is 0. The lowest BCUT2D eigenvalue weighted by atomic mass is 10.2. The molecule has 0 aliphatic carbocycles. The van der Waals surface area contributed by atoms with E-state index in [9.17, 15) is 9.65 Å². The summed E-state index contributed by atoms with van der Waals surface area (Å²) < 4.78 is 15.3. The summed E-state index contributed by atoms with van der Waals surface area (Å²) in [5.41, 5.74) is 1.80. The van der Waals surface area contributed by atoms with Gasteiger partial charge in [-0.25, -0.2) is 4.39 Å². The van der Waals surface area contributed by atoms with E-state index >= 15 is 0 Å². The molecule has 1 aromatic heterocycles. The van der Waals surface area contributed by atoms with E-state index in [-0.39, 0.29) is 5.82 Å². The summed E-state index contributed by atoms with van der Waals surface area (Å²) >= 11 is 0. The third-order valence-corrected chi connectivity index (χ3v) is 3.03. The summed E-state index contributed by atoms with van der Waals surface area (Å²) in [5.74, 6) is 0.454. The first-order valence-electron chi connectivity index (χ1n) is 5.92. The summed E-state index contributed by atoms with van der Waals surface area (Å²) in [6, 6.07) is 8.78. The maximum Gasteiger partial charge on any atom is 0.145 e. The van der Waals surface area contributed by atoms with Crippen LogP contribution in [0.2, 0.25) is 0 Å². The number of benzene rings is 1. The molecule has 0 bridgehead atoms. The molecule has 2 aromatic rings. The second-order valence-corrected chi connectivity index (χ2v) is 4.47. The van der Waals surface area contributed by atoms with Crippen molar-refractivity contribution in [1.29, 1.82) is 5.26 Å². The summed E-state index contributed by atoms with van der Waals surface area (Å²) in [7, 11) is 3.60. The highest BCUT2D eigenvalue weighted by Crippen LogP contribution is 2.23. The van der Waals surface area contributed by atoms with Gasteiger partial charge in [-0.05, 0) is 13.0 Å².